The normalized spacial score (nSPS) is 17.3. The van der Waals surface area contributed by atoms with Crippen LogP contribution in [-0.2, 0) is 12.8 Å². The van der Waals surface area contributed by atoms with Crippen molar-refractivity contribution in [3.8, 4) is 11.5 Å². The van der Waals surface area contributed by atoms with E-state index in [2.05, 4.69) is 19.6 Å². The Bertz CT molecular complexity index is 340. The van der Waals surface area contributed by atoms with E-state index < -0.39 is 0 Å². The van der Waals surface area contributed by atoms with Gasteiger partial charge in [-0.1, -0.05) is 0 Å². The predicted molar refractivity (Wildman–Crippen MR) is 56.8 cm³/mol. The number of ether oxygens (including phenoxy) is 2. The van der Waals surface area contributed by atoms with Gasteiger partial charge in [-0.05, 0) is 12.5 Å². The quantitative estimate of drug-likeness (QED) is 0.659. The van der Waals surface area contributed by atoms with E-state index in [1.807, 2.05) is 0 Å². The van der Waals surface area contributed by atoms with E-state index in [0.29, 0.717) is 0 Å². The molecule has 14 heavy (non-hydrogen) atoms. The van der Waals surface area contributed by atoms with Crippen LogP contribution in [0.25, 0.3) is 0 Å². The van der Waals surface area contributed by atoms with Crippen molar-refractivity contribution in [1.29, 1.82) is 0 Å². The molecule has 0 atom stereocenters. The first kappa shape index (κ1) is 8.48. The Morgan fingerprint density at radius 2 is 1.64 bits per heavy atom. The van der Waals surface area contributed by atoms with Gasteiger partial charge in [0.2, 0.25) is 0 Å². The number of thiol groups is 1. The summed E-state index contributed by atoms with van der Waals surface area (Å²) in [4.78, 5) is 0.996. The number of fused-ring (bicyclic) bond motifs is 2. The van der Waals surface area contributed by atoms with Gasteiger partial charge in [0, 0.05) is 24.0 Å². The lowest BCUT2D eigenvalue weighted by molar-refractivity contribution is 0.349. The molecular formula is C11H12O2S. The van der Waals surface area contributed by atoms with E-state index in [1.165, 1.54) is 16.7 Å². The lowest BCUT2D eigenvalue weighted by atomic mass is 10.0. The minimum absolute atomic E-state index is 0.784. The molecular weight excluding hydrogens is 196 g/mol. The zero-order valence-corrected chi connectivity index (χ0v) is 8.99. The van der Waals surface area contributed by atoms with Gasteiger partial charge in [0.15, 0.2) is 0 Å². The van der Waals surface area contributed by atoms with Gasteiger partial charge in [-0.25, -0.2) is 0 Å². The van der Waals surface area contributed by atoms with Gasteiger partial charge >= 0.3 is 0 Å². The van der Waals surface area contributed by atoms with Gasteiger partial charge in [0.1, 0.15) is 11.5 Å². The average Bonchev–Trinajstić information content (AvgIpc) is 2.82. The SMILES string of the molecule is Cc1c2c(c(S)c3c1OCC3)OCC2. The summed E-state index contributed by atoms with van der Waals surface area (Å²) in [5.74, 6) is 2.05. The van der Waals surface area contributed by atoms with Crippen molar-refractivity contribution in [3.05, 3.63) is 16.7 Å². The van der Waals surface area contributed by atoms with Crippen LogP contribution < -0.4 is 9.47 Å². The molecule has 0 fully saturated rings. The Morgan fingerprint density at radius 3 is 2.43 bits per heavy atom. The van der Waals surface area contributed by atoms with Crippen molar-refractivity contribution in [1.82, 2.24) is 0 Å². The maximum atomic E-state index is 5.63. The molecule has 1 aromatic rings. The lowest BCUT2D eigenvalue weighted by Gasteiger charge is -2.11. The van der Waals surface area contributed by atoms with E-state index in [-0.39, 0.29) is 0 Å². The molecule has 0 aliphatic carbocycles. The highest BCUT2D eigenvalue weighted by molar-refractivity contribution is 7.80. The molecule has 0 radical (unpaired) electrons. The molecule has 0 unspecified atom stereocenters. The van der Waals surface area contributed by atoms with E-state index in [0.717, 1.165) is 42.4 Å². The van der Waals surface area contributed by atoms with Crippen LogP contribution in [0.4, 0.5) is 0 Å². The zero-order chi connectivity index (χ0) is 9.71. The number of hydrogen-bond donors (Lipinski definition) is 1. The summed E-state index contributed by atoms with van der Waals surface area (Å²) in [5.41, 5.74) is 3.77. The molecule has 3 rings (SSSR count). The molecule has 0 amide bonds. The minimum atomic E-state index is 0.784. The summed E-state index contributed by atoms with van der Waals surface area (Å²) < 4.78 is 11.2. The van der Waals surface area contributed by atoms with Crippen molar-refractivity contribution < 1.29 is 9.47 Å². The maximum absolute atomic E-state index is 5.63. The fraction of sp³-hybridized carbons (Fsp3) is 0.455. The molecule has 2 aliphatic heterocycles. The second kappa shape index (κ2) is 2.83. The van der Waals surface area contributed by atoms with Crippen molar-refractivity contribution in [2.75, 3.05) is 13.2 Å². The van der Waals surface area contributed by atoms with E-state index in [4.69, 9.17) is 9.47 Å². The number of hydrogen-bond acceptors (Lipinski definition) is 3. The molecule has 0 bridgehead atoms. The summed E-state index contributed by atoms with van der Waals surface area (Å²) in [7, 11) is 0. The first-order valence-corrected chi connectivity index (χ1v) is 5.36. The molecule has 74 valence electrons. The molecule has 2 heterocycles. The van der Waals surface area contributed by atoms with Crippen molar-refractivity contribution >= 4 is 12.6 Å². The van der Waals surface area contributed by atoms with E-state index in [1.54, 1.807) is 0 Å². The molecule has 2 aliphatic rings. The van der Waals surface area contributed by atoms with Gasteiger partial charge in [-0.15, -0.1) is 12.6 Å². The standard InChI is InChI=1S/C11H12O2S/c1-6-7-2-4-13-10(7)11(14)8-3-5-12-9(6)8/h14H,2-5H2,1H3. The van der Waals surface area contributed by atoms with Gasteiger partial charge in [-0.3, -0.25) is 0 Å². The second-order valence-electron chi connectivity index (χ2n) is 3.79. The summed E-state index contributed by atoms with van der Waals surface area (Å²) in [6.45, 7) is 3.68. The maximum Gasteiger partial charge on any atom is 0.136 e. The van der Waals surface area contributed by atoms with Crippen LogP contribution in [0.2, 0.25) is 0 Å². The molecule has 0 spiro atoms. The van der Waals surface area contributed by atoms with Crippen molar-refractivity contribution in [3.63, 3.8) is 0 Å². The Balaban J connectivity index is 2.33. The Hall–Kier alpha value is -0.830. The van der Waals surface area contributed by atoms with Crippen LogP contribution in [0.1, 0.15) is 16.7 Å². The van der Waals surface area contributed by atoms with Crippen LogP contribution in [0.15, 0.2) is 4.90 Å². The molecule has 0 saturated carbocycles. The largest absolute Gasteiger partial charge is 0.493 e. The van der Waals surface area contributed by atoms with Crippen LogP contribution in [0.3, 0.4) is 0 Å². The Morgan fingerprint density at radius 1 is 1.00 bits per heavy atom. The van der Waals surface area contributed by atoms with Gasteiger partial charge in [0.05, 0.1) is 18.1 Å². The topological polar surface area (TPSA) is 18.5 Å². The number of rotatable bonds is 0. The van der Waals surface area contributed by atoms with Crippen molar-refractivity contribution in [2.24, 2.45) is 0 Å². The molecule has 0 aromatic heterocycles. The van der Waals surface area contributed by atoms with Gasteiger partial charge in [-0.2, -0.15) is 0 Å². The van der Waals surface area contributed by atoms with Gasteiger partial charge in [0.25, 0.3) is 0 Å². The van der Waals surface area contributed by atoms with Crippen LogP contribution >= 0.6 is 12.6 Å². The average molecular weight is 208 g/mol. The third-order valence-corrected chi connectivity index (χ3v) is 3.51. The van der Waals surface area contributed by atoms with Gasteiger partial charge < -0.3 is 9.47 Å². The molecule has 2 nitrogen and oxygen atoms in total. The third kappa shape index (κ3) is 0.934. The fourth-order valence-corrected chi connectivity index (χ4v) is 2.73. The van der Waals surface area contributed by atoms with E-state index in [9.17, 15) is 0 Å². The molecule has 3 heteroatoms. The highest BCUT2D eigenvalue weighted by Crippen LogP contribution is 2.45. The summed E-state index contributed by atoms with van der Waals surface area (Å²) in [6.07, 6.45) is 1.96. The van der Waals surface area contributed by atoms with Crippen molar-refractivity contribution in [2.45, 2.75) is 24.7 Å². The smallest absolute Gasteiger partial charge is 0.136 e. The zero-order valence-electron chi connectivity index (χ0n) is 8.09. The number of benzene rings is 1. The monoisotopic (exact) mass is 208 g/mol. The first-order valence-electron chi connectivity index (χ1n) is 4.92. The van der Waals surface area contributed by atoms with Crippen LogP contribution in [-0.4, -0.2) is 13.2 Å². The van der Waals surface area contributed by atoms with Crippen LogP contribution in [0, 0.1) is 6.92 Å². The highest BCUT2D eigenvalue weighted by atomic mass is 32.1. The first-order chi connectivity index (χ1) is 6.79. The molecule has 0 saturated heterocycles. The summed E-state index contributed by atoms with van der Waals surface area (Å²) in [6, 6.07) is 0. The molecule has 0 N–H and O–H groups in total. The highest BCUT2D eigenvalue weighted by Gasteiger charge is 2.27. The fourth-order valence-electron chi connectivity index (χ4n) is 2.32. The van der Waals surface area contributed by atoms with Crippen LogP contribution in [0.5, 0.6) is 11.5 Å². The molecule has 1 aromatic carbocycles. The third-order valence-electron chi connectivity index (χ3n) is 3.04. The summed E-state index contributed by atoms with van der Waals surface area (Å²) >= 11 is 4.53. The van der Waals surface area contributed by atoms with E-state index >= 15 is 0 Å². The minimum Gasteiger partial charge on any atom is -0.493 e. The Labute approximate surface area is 88.6 Å². The Kier molecular flexibility index (Phi) is 1.71. The lowest BCUT2D eigenvalue weighted by Crippen LogP contribution is -1.92. The predicted octanol–water partition coefficient (Wildman–Crippen LogP) is 2.15. The second-order valence-corrected chi connectivity index (χ2v) is 4.23. The summed E-state index contributed by atoms with van der Waals surface area (Å²) in [5, 5.41) is 0.